The molecule has 31 heavy (non-hydrogen) atoms. The molecule has 1 N–H and O–H groups in total. The third kappa shape index (κ3) is 7.25. The van der Waals surface area contributed by atoms with Gasteiger partial charge in [0.1, 0.15) is 5.82 Å². The second kappa shape index (κ2) is 13.0. The van der Waals surface area contributed by atoms with Crippen LogP contribution in [0.1, 0.15) is 75.6 Å². The average Bonchev–Trinajstić information content (AvgIpc) is 2.96. The van der Waals surface area contributed by atoms with E-state index in [0.717, 1.165) is 32.1 Å². The molecule has 1 aliphatic heterocycles. The highest BCUT2D eigenvalue weighted by Crippen LogP contribution is 2.21. The van der Waals surface area contributed by atoms with Gasteiger partial charge in [0.25, 0.3) is 5.56 Å². The van der Waals surface area contributed by atoms with Gasteiger partial charge >= 0.3 is 12.1 Å². The fourth-order valence-corrected chi connectivity index (χ4v) is 3.37. The molecule has 0 bridgehead atoms. The lowest BCUT2D eigenvalue weighted by atomic mass is 10.0. The molecule has 9 heteroatoms. The Morgan fingerprint density at radius 2 is 1.84 bits per heavy atom. The van der Waals surface area contributed by atoms with Crippen molar-refractivity contribution < 1.29 is 23.8 Å². The molecule has 2 rings (SSSR count). The van der Waals surface area contributed by atoms with Crippen molar-refractivity contribution in [2.45, 2.75) is 72.3 Å². The number of fused-ring (bicyclic) bond motifs is 1. The average molecular weight is 438 g/mol. The molecule has 0 aliphatic carbocycles. The standard InChI is InChI=1S/C22H35N3O6/c1-4-7-13-30-19-18(21(27)29-6-3)24-17-10-9-16(11-12-25(17)20(19)26)15-23-22(28)31-14-8-5-2/h16H,4-15H2,1-3H3,(H,23,28). The summed E-state index contributed by atoms with van der Waals surface area (Å²) >= 11 is 0. The van der Waals surface area contributed by atoms with E-state index in [1.165, 1.54) is 0 Å². The van der Waals surface area contributed by atoms with Crippen molar-refractivity contribution in [3.8, 4) is 5.75 Å². The predicted octanol–water partition coefficient (Wildman–Crippen LogP) is 3.08. The van der Waals surface area contributed by atoms with E-state index >= 15 is 0 Å². The van der Waals surface area contributed by atoms with Crippen molar-refractivity contribution in [1.29, 1.82) is 0 Å². The molecule has 2 heterocycles. The minimum Gasteiger partial charge on any atom is -0.486 e. The number of carbonyl (C=O) groups excluding carboxylic acids is 2. The molecule has 1 unspecified atom stereocenters. The normalized spacial score (nSPS) is 15.5. The van der Waals surface area contributed by atoms with Crippen molar-refractivity contribution in [3.05, 3.63) is 21.9 Å². The molecule has 1 aliphatic rings. The number of aryl methyl sites for hydroxylation is 1. The van der Waals surface area contributed by atoms with Gasteiger partial charge in [0.15, 0.2) is 5.69 Å². The largest absolute Gasteiger partial charge is 0.486 e. The number of rotatable bonds is 11. The predicted molar refractivity (Wildman–Crippen MR) is 116 cm³/mol. The van der Waals surface area contributed by atoms with Gasteiger partial charge < -0.3 is 19.5 Å². The van der Waals surface area contributed by atoms with Gasteiger partial charge in [-0.3, -0.25) is 9.36 Å². The van der Waals surface area contributed by atoms with Gasteiger partial charge in [0.2, 0.25) is 5.75 Å². The summed E-state index contributed by atoms with van der Waals surface area (Å²) in [5, 5.41) is 2.80. The number of hydrogen-bond donors (Lipinski definition) is 1. The van der Waals surface area contributed by atoms with Crippen molar-refractivity contribution in [1.82, 2.24) is 14.9 Å². The van der Waals surface area contributed by atoms with Gasteiger partial charge in [-0.05, 0) is 38.5 Å². The number of alkyl carbamates (subject to hydrolysis) is 1. The van der Waals surface area contributed by atoms with E-state index in [1.807, 2.05) is 13.8 Å². The molecule has 0 saturated heterocycles. The Morgan fingerprint density at radius 1 is 1.10 bits per heavy atom. The molecule has 1 atom stereocenters. The third-order valence-electron chi connectivity index (χ3n) is 5.22. The zero-order valence-electron chi connectivity index (χ0n) is 18.9. The van der Waals surface area contributed by atoms with Crippen molar-refractivity contribution in [2.75, 3.05) is 26.4 Å². The van der Waals surface area contributed by atoms with E-state index in [2.05, 4.69) is 10.3 Å². The minimum atomic E-state index is -0.646. The van der Waals surface area contributed by atoms with Crippen LogP contribution < -0.4 is 15.6 Å². The second-order valence-electron chi connectivity index (χ2n) is 7.65. The highest BCUT2D eigenvalue weighted by molar-refractivity contribution is 5.90. The number of esters is 1. The maximum Gasteiger partial charge on any atom is 0.407 e. The Labute approximate surface area is 183 Å². The SMILES string of the molecule is CCCCOC(=O)NCC1CCc2nc(C(=O)OCC)c(OCCCC)c(=O)n2CC1. The van der Waals surface area contributed by atoms with E-state index < -0.39 is 12.1 Å². The van der Waals surface area contributed by atoms with Gasteiger partial charge in [-0.1, -0.05) is 26.7 Å². The van der Waals surface area contributed by atoms with Crippen LogP contribution >= 0.6 is 0 Å². The van der Waals surface area contributed by atoms with Gasteiger partial charge in [0, 0.05) is 19.5 Å². The van der Waals surface area contributed by atoms with Crippen LogP contribution in [0.15, 0.2) is 4.79 Å². The molecule has 0 saturated carbocycles. The Hall–Kier alpha value is -2.58. The van der Waals surface area contributed by atoms with Crippen LogP contribution in [0.25, 0.3) is 0 Å². The maximum atomic E-state index is 13.1. The number of nitrogens with zero attached hydrogens (tertiary/aromatic N) is 2. The van der Waals surface area contributed by atoms with E-state index in [1.54, 1.807) is 11.5 Å². The number of nitrogens with one attached hydrogen (secondary N) is 1. The zero-order chi connectivity index (χ0) is 22.6. The summed E-state index contributed by atoms with van der Waals surface area (Å²) in [5.41, 5.74) is -0.401. The summed E-state index contributed by atoms with van der Waals surface area (Å²) < 4.78 is 17.5. The number of ether oxygens (including phenoxy) is 3. The third-order valence-corrected chi connectivity index (χ3v) is 5.22. The lowest BCUT2D eigenvalue weighted by Gasteiger charge is -2.15. The first-order valence-corrected chi connectivity index (χ1v) is 11.4. The summed E-state index contributed by atoms with van der Waals surface area (Å²) in [4.78, 5) is 41.8. The fraction of sp³-hybridized carbons (Fsp3) is 0.727. The zero-order valence-corrected chi connectivity index (χ0v) is 18.9. The lowest BCUT2D eigenvalue weighted by Crippen LogP contribution is -2.31. The van der Waals surface area contributed by atoms with Gasteiger partial charge in [-0.2, -0.15) is 0 Å². The molecule has 0 aromatic carbocycles. The van der Waals surface area contributed by atoms with Crippen LogP contribution in [0, 0.1) is 5.92 Å². The molecule has 0 fully saturated rings. The number of aromatic nitrogens is 2. The lowest BCUT2D eigenvalue weighted by molar-refractivity contribution is 0.0512. The van der Waals surface area contributed by atoms with Gasteiger partial charge in [-0.15, -0.1) is 0 Å². The van der Waals surface area contributed by atoms with Crippen LogP contribution in [0.5, 0.6) is 5.75 Å². The Kier molecular flexibility index (Phi) is 10.3. The first-order chi connectivity index (χ1) is 15.0. The molecular formula is C22H35N3O6. The van der Waals surface area contributed by atoms with E-state index in [9.17, 15) is 14.4 Å². The maximum absolute atomic E-state index is 13.1. The molecule has 174 valence electrons. The minimum absolute atomic E-state index is 0.0354. The first-order valence-electron chi connectivity index (χ1n) is 11.4. The monoisotopic (exact) mass is 437 g/mol. The number of carbonyl (C=O) groups is 2. The summed E-state index contributed by atoms with van der Waals surface area (Å²) in [6.07, 6.45) is 5.03. The van der Waals surface area contributed by atoms with Crippen LogP contribution in [-0.4, -0.2) is 48.0 Å². The molecule has 9 nitrogen and oxygen atoms in total. The summed E-state index contributed by atoms with van der Waals surface area (Å²) in [7, 11) is 0. The highest BCUT2D eigenvalue weighted by atomic mass is 16.5. The van der Waals surface area contributed by atoms with Crippen molar-refractivity contribution in [3.63, 3.8) is 0 Å². The van der Waals surface area contributed by atoms with E-state index in [-0.39, 0.29) is 29.5 Å². The molecule has 0 radical (unpaired) electrons. The molecular weight excluding hydrogens is 402 g/mol. The van der Waals surface area contributed by atoms with Crippen LogP contribution in [0.3, 0.4) is 0 Å². The first kappa shape index (κ1) is 24.7. The molecule has 1 aromatic heterocycles. The fourth-order valence-electron chi connectivity index (χ4n) is 3.37. The van der Waals surface area contributed by atoms with E-state index in [0.29, 0.717) is 45.0 Å². The summed E-state index contributed by atoms with van der Waals surface area (Å²) in [5.74, 6) is 0.0396. The van der Waals surface area contributed by atoms with Crippen molar-refractivity contribution in [2.24, 2.45) is 5.92 Å². The highest BCUT2D eigenvalue weighted by Gasteiger charge is 2.26. The number of hydrogen-bond acceptors (Lipinski definition) is 7. The Balaban J connectivity index is 2.11. The van der Waals surface area contributed by atoms with Crippen molar-refractivity contribution >= 4 is 12.1 Å². The Bertz CT molecular complexity index is 792. The van der Waals surface area contributed by atoms with Crippen LogP contribution in [-0.2, 0) is 22.4 Å². The van der Waals surface area contributed by atoms with Crippen LogP contribution in [0.4, 0.5) is 4.79 Å². The smallest absolute Gasteiger partial charge is 0.407 e. The van der Waals surface area contributed by atoms with Gasteiger partial charge in [-0.25, -0.2) is 14.6 Å². The molecule has 0 spiro atoms. The molecule has 1 amide bonds. The topological polar surface area (TPSA) is 109 Å². The Morgan fingerprint density at radius 3 is 2.55 bits per heavy atom. The molecule has 1 aromatic rings. The number of unbranched alkanes of at least 4 members (excludes halogenated alkanes) is 2. The summed E-state index contributed by atoms with van der Waals surface area (Å²) in [6, 6.07) is 0. The quantitative estimate of drug-likeness (QED) is 0.418. The summed E-state index contributed by atoms with van der Waals surface area (Å²) in [6.45, 7) is 7.62. The van der Waals surface area contributed by atoms with Crippen LogP contribution in [0.2, 0.25) is 0 Å². The van der Waals surface area contributed by atoms with Gasteiger partial charge in [0.05, 0.1) is 19.8 Å². The number of amides is 1. The van der Waals surface area contributed by atoms with E-state index in [4.69, 9.17) is 14.2 Å². The second-order valence-corrected chi connectivity index (χ2v) is 7.65.